The topological polar surface area (TPSA) is 112 Å². The van der Waals surface area contributed by atoms with Gasteiger partial charge in [0.2, 0.25) is 0 Å². The van der Waals surface area contributed by atoms with E-state index < -0.39 is 29.1 Å². The highest BCUT2D eigenvalue weighted by Crippen LogP contribution is 2.32. The van der Waals surface area contributed by atoms with Gasteiger partial charge in [-0.1, -0.05) is 6.07 Å². The Balaban J connectivity index is 2.45. The fraction of sp³-hybridized carbons (Fsp3) is 0.235. The molecule has 1 aromatic carbocycles. The Kier molecular flexibility index (Phi) is 5.04. The number of nitrogens with one attached hydrogen (secondary N) is 2. The van der Waals surface area contributed by atoms with Crippen LogP contribution in [0.15, 0.2) is 30.3 Å². The number of anilines is 2. The molecule has 1 heterocycles. The third-order valence-corrected chi connectivity index (χ3v) is 3.56. The van der Waals surface area contributed by atoms with E-state index in [0.717, 1.165) is 24.4 Å². The first-order valence-electron chi connectivity index (χ1n) is 7.46. The number of hydrogen-bond donors (Lipinski definition) is 4. The largest absolute Gasteiger partial charge is 0.433 e. The molecule has 138 valence electrons. The lowest BCUT2D eigenvalue weighted by Crippen LogP contribution is -2.23. The van der Waals surface area contributed by atoms with Gasteiger partial charge in [-0.2, -0.15) is 13.2 Å². The van der Waals surface area contributed by atoms with E-state index in [0.29, 0.717) is 0 Å². The van der Waals surface area contributed by atoms with Crippen molar-refractivity contribution in [3.05, 3.63) is 52.8 Å². The van der Waals surface area contributed by atoms with E-state index >= 15 is 0 Å². The molecule has 0 saturated carbocycles. The van der Waals surface area contributed by atoms with Gasteiger partial charge in [-0.05, 0) is 38.1 Å². The fourth-order valence-electron chi connectivity index (χ4n) is 2.27. The molecule has 5 N–H and O–H groups in total. The zero-order valence-electron chi connectivity index (χ0n) is 14.0. The normalized spacial score (nSPS) is 11.9. The molecule has 26 heavy (non-hydrogen) atoms. The number of nitrogens with two attached hydrogens (primary N) is 1. The molecule has 0 atom stereocenters. The Bertz CT molecular complexity index is 858. The van der Waals surface area contributed by atoms with Gasteiger partial charge in [-0.25, -0.2) is 4.98 Å². The van der Waals surface area contributed by atoms with E-state index in [9.17, 15) is 23.1 Å². The predicted molar refractivity (Wildman–Crippen MR) is 91.2 cm³/mol. The number of aliphatic hydroxyl groups is 1. The molecule has 0 fully saturated rings. The minimum atomic E-state index is -4.68. The average Bonchev–Trinajstić information content (AvgIpc) is 2.54. The van der Waals surface area contributed by atoms with Crippen molar-refractivity contribution in [3.63, 3.8) is 0 Å². The number of aromatic nitrogens is 1. The summed E-state index contributed by atoms with van der Waals surface area (Å²) in [4.78, 5) is 15.7. The maximum atomic E-state index is 12.8. The van der Waals surface area contributed by atoms with E-state index in [1.807, 2.05) is 0 Å². The molecule has 0 spiro atoms. The number of carbonyl (C=O) groups excluding carboxylic acids is 1. The molecule has 0 bridgehead atoms. The zero-order chi connectivity index (χ0) is 19.7. The van der Waals surface area contributed by atoms with E-state index in [2.05, 4.69) is 10.3 Å². The van der Waals surface area contributed by atoms with Crippen molar-refractivity contribution in [2.75, 3.05) is 11.1 Å². The lowest BCUT2D eigenvalue weighted by Gasteiger charge is -2.23. The number of carbonyl (C=O) groups is 1. The molecule has 0 unspecified atom stereocenters. The summed E-state index contributed by atoms with van der Waals surface area (Å²) >= 11 is 0. The molecule has 0 saturated heterocycles. The molecule has 0 aliphatic heterocycles. The van der Waals surface area contributed by atoms with E-state index in [4.69, 9.17) is 11.1 Å². The Morgan fingerprint density at radius 2 is 1.96 bits per heavy atom. The minimum Gasteiger partial charge on any atom is -0.398 e. The predicted octanol–water partition coefficient (Wildman–Crippen LogP) is 3.16. The Morgan fingerprint density at radius 1 is 1.31 bits per heavy atom. The summed E-state index contributed by atoms with van der Waals surface area (Å²) < 4.78 is 38.3. The van der Waals surface area contributed by atoms with Crippen LogP contribution in [0.5, 0.6) is 0 Å². The molecule has 0 radical (unpaired) electrons. The number of alkyl halides is 3. The molecule has 2 rings (SSSR count). The molecule has 6 nitrogen and oxygen atoms in total. The second kappa shape index (κ2) is 6.75. The highest BCUT2D eigenvalue weighted by Gasteiger charge is 2.33. The van der Waals surface area contributed by atoms with Gasteiger partial charge in [0.25, 0.3) is 5.91 Å². The van der Waals surface area contributed by atoms with Crippen LogP contribution < -0.4 is 11.1 Å². The smallest absolute Gasteiger partial charge is 0.398 e. The summed E-state index contributed by atoms with van der Waals surface area (Å²) in [6, 6.07) is 5.74. The van der Waals surface area contributed by atoms with Gasteiger partial charge in [0.1, 0.15) is 11.4 Å². The average molecular weight is 366 g/mol. The number of amides is 1. The van der Waals surface area contributed by atoms with Crippen LogP contribution >= 0.6 is 0 Å². The molecule has 0 aliphatic carbocycles. The van der Waals surface area contributed by atoms with Gasteiger partial charge in [-0.15, -0.1) is 0 Å². The van der Waals surface area contributed by atoms with Crippen LogP contribution in [-0.4, -0.2) is 22.2 Å². The third kappa shape index (κ3) is 4.17. The number of hydrogen-bond acceptors (Lipinski definition) is 5. The monoisotopic (exact) mass is 366 g/mol. The standard InChI is InChI=1S/C17H17F3N4O2/c1-16(2,26)10-7-11(22)9(8-21)6-13(10)24-15(25)12-4-3-5-14(23-12)17(18,19)20/h3-8,21,26H,22H2,1-2H3,(H,24,25). The molecule has 9 heteroatoms. The van der Waals surface area contributed by atoms with Crippen LogP contribution in [0.3, 0.4) is 0 Å². The maximum Gasteiger partial charge on any atom is 0.433 e. The van der Waals surface area contributed by atoms with Gasteiger partial charge in [0.15, 0.2) is 0 Å². The number of nitrogens with zero attached hydrogens (tertiary/aromatic N) is 1. The molecular formula is C17H17F3N4O2. The summed E-state index contributed by atoms with van der Waals surface area (Å²) in [6.45, 7) is 2.92. The second-order valence-corrected chi connectivity index (χ2v) is 6.09. The van der Waals surface area contributed by atoms with Crippen LogP contribution in [0.4, 0.5) is 24.5 Å². The van der Waals surface area contributed by atoms with Gasteiger partial charge in [-0.3, -0.25) is 4.79 Å². The number of rotatable bonds is 4. The molecule has 1 amide bonds. The summed E-state index contributed by atoms with van der Waals surface area (Å²) in [7, 11) is 0. The summed E-state index contributed by atoms with van der Waals surface area (Å²) in [5.41, 5.74) is 3.65. The SMILES string of the molecule is CC(C)(O)c1cc(N)c(C=N)cc1NC(=O)c1cccc(C(F)(F)F)n1. The van der Waals surface area contributed by atoms with Crippen molar-refractivity contribution in [3.8, 4) is 0 Å². The Labute approximate surface area is 147 Å². The van der Waals surface area contributed by atoms with E-state index in [1.165, 1.54) is 26.0 Å². The third-order valence-electron chi connectivity index (χ3n) is 3.56. The zero-order valence-corrected chi connectivity index (χ0v) is 14.0. The van der Waals surface area contributed by atoms with Crippen molar-refractivity contribution in [1.82, 2.24) is 4.98 Å². The van der Waals surface area contributed by atoms with E-state index in [-0.39, 0.29) is 22.5 Å². The van der Waals surface area contributed by atoms with Crippen molar-refractivity contribution in [2.24, 2.45) is 0 Å². The Morgan fingerprint density at radius 3 is 2.50 bits per heavy atom. The van der Waals surface area contributed by atoms with Crippen LogP contribution in [0.1, 0.15) is 41.2 Å². The molecule has 1 aromatic heterocycles. The first kappa shape index (κ1) is 19.4. The lowest BCUT2D eigenvalue weighted by molar-refractivity contribution is -0.141. The quantitative estimate of drug-likeness (QED) is 0.492. The van der Waals surface area contributed by atoms with Crippen LogP contribution in [0.25, 0.3) is 0 Å². The van der Waals surface area contributed by atoms with Gasteiger partial charge in [0.05, 0.1) is 5.60 Å². The van der Waals surface area contributed by atoms with Gasteiger partial charge in [0, 0.05) is 28.7 Å². The first-order valence-corrected chi connectivity index (χ1v) is 7.46. The van der Waals surface area contributed by atoms with Gasteiger partial charge < -0.3 is 21.6 Å². The number of pyridine rings is 1. The fourth-order valence-corrected chi connectivity index (χ4v) is 2.27. The minimum absolute atomic E-state index is 0.120. The summed E-state index contributed by atoms with van der Waals surface area (Å²) in [5, 5.41) is 20.0. The van der Waals surface area contributed by atoms with Crippen LogP contribution in [-0.2, 0) is 11.8 Å². The first-order chi connectivity index (χ1) is 11.9. The van der Waals surface area contributed by atoms with Crippen LogP contribution in [0.2, 0.25) is 0 Å². The van der Waals surface area contributed by atoms with Gasteiger partial charge >= 0.3 is 6.18 Å². The summed E-state index contributed by atoms with van der Waals surface area (Å²) in [6.07, 6.45) is -3.72. The van der Waals surface area contributed by atoms with Crippen molar-refractivity contribution < 1.29 is 23.1 Å². The second-order valence-electron chi connectivity index (χ2n) is 6.09. The molecule has 2 aromatic rings. The van der Waals surface area contributed by atoms with E-state index in [1.54, 1.807) is 0 Å². The molecule has 0 aliphatic rings. The molecular weight excluding hydrogens is 349 g/mol. The van der Waals surface area contributed by atoms with Crippen molar-refractivity contribution in [1.29, 1.82) is 5.41 Å². The number of halogens is 3. The number of benzene rings is 1. The van der Waals surface area contributed by atoms with Crippen LogP contribution in [0, 0.1) is 5.41 Å². The summed E-state index contributed by atoms with van der Waals surface area (Å²) in [5.74, 6) is -0.887. The van der Waals surface area contributed by atoms with Crippen molar-refractivity contribution >= 4 is 23.5 Å². The van der Waals surface area contributed by atoms with Crippen molar-refractivity contribution in [2.45, 2.75) is 25.6 Å². The highest BCUT2D eigenvalue weighted by atomic mass is 19.4. The lowest BCUT2D eigenvalue weighted by atomic mass is 9.94. The highest BCUT2D eigenvalue weighted by molar-refractivity contribution is 6.04. The number of nitrogen functional groups attached to an aromatic ring is 1. The maximum absolute atomic E-state index is 12.8. The Hall–Kier alpha value is -2.94.